The number of benzene rings is 1. The zero-order chi connectivity index (χ0) is 25.2. The number of nitrogens with one attached hydrogen (secondary N) is 2. The lowest BCUT2D eigenvalue weighted by molar-refractivity contribution is 0.292. The molecule has 2 N–H and O–H groups in total. The minimum atomic E-state index is -0.123. The van der Waals surface area contributed by atoms with E-state index in [0.717, 1.165) is 50.5 Å². The van der Waals surface area contributed by atoms with Crippen molar-refractivity contribution in [2.75, 3.05) is 25.0 Å². The molecule has 3 aromatic heterocycles. The molecule has 0 fully saturated rings. The average Bonchev–Trinajstić information content (AvgIpc) is 3.19. The van der Waals surface area contributed by atoms with Crippen molar-refractivity contribution in [3.63, 3.8) is 0 Å². The van der Waals surface area contributed by atoms with Crippen molar-refractivity contribution in [3.8, 4) is 5.82 Å². The number of rotatable bonds is 8. The predicted octanol–water partition coefficient (Wildman–Crippen LogP) is 3.79. The molecule has 0 aliphatic carbocycles. The van der Waals surface area contributed by atoms with E-state index < -0.39 is 0 Å². The minimum absolute atomic E-state index is 0.0792. The van der Waals surface area contributed by atoms with Crippen LogP contribution in [0.3, 0.4) is 0 Å². The third-order valence-corrected chi connectivity index (χ3v) is 6.75. The molecule has 0 unspecified atom stereocenters. The van der Waals surface area contributed by atoms with Gasteiger partial charge in [-0.25, -0.2) is 19.3 Å². The molecule has 188 valence electrons. The van der Waals surface area contributed by atoms with Gasteiger partial charge in [0.2, 0.25) is 5.95 Å². The summed E-state index contributed by atoms with van der Waals surface area (Å²) in [5.41, 5.74) is 4.95. The van der Waals surface area contributed by atoms with E-state index in [0.29, 0.717) is 22.8 Å². The standard InChI is InChI=1S/C27H34N8O/c1-5-33(6-2)17-22-8-7-9-24(30-22)35-25-23(26(36)34(35)18(3)4)16-29-27(32-25)31-21-11-10-19-12-13-28-15-20(19)14-21/h7-11,14,16,18,28H,5-6,12-13,15,17H2,1-4H3,(H,29,31,32). The summed E-state index contributed by atoms with van der Waals surface area (Å²) < 4.78 is 3.54. The Kier molecular flexibility index (Phi) is 6.84. The number of aromatic nitrogens is 5. The molecule has 4 aromatic rings. The maximum atomic E-state index is 13.3. The fourth-order valence-electron chi connectivity index (χ4n) is 4.78. The van der Waals surface area contributed by atoms with Crippen molar-refractivity contribution in [2.45, 2.75) is 53.2 Å². The number of fused-ring (bicyclic) bond motifs is 2. The third kappa shape index (κ3) is 4.64. The molecule has 36 heavy (non-hydrogen) atoms. The Hall–Kier alpha value is -3.56. The first-order chi connectivity index (χ1) is 17.5. The molecule has 0 saturated heterocycles. The van der Waals surface area contributed by atoms with Gasteiger partial charge in [-0.2, -0.15) is 4.98 Å². The van der Waals surface area contributed by atoms with Crippen LogP contribution >= 0.6 is 0 Å². The van der Waals surface area contributed by atoms with Crippen molar-refractivity contribution >= 4 is 22.7 Å². The fraction of sp³-hybridized carbons (Fsp3) is 0.407. The zero-order valence-electron chi connectivity index (χ0n) is 21.5. The van der Waals surface area contributed by atoms with Crippen molar-refractivity contribution in [2.24, 2.45) is 0 Å². The number of hydrogen-bond acceptors (Lipinski definition) is 7. The van der Waals surface area contributed by atoms with E-state index >= 15 is 0 Å². The van der Waals surface area contributed by atoms with Gasteiger partial charge in [0.1, 0.15) is 5.39 Å². The molecular weight excluding hydrogens is 452 g/mol. The zero-order valence-corrected chi connectivity index (χ0v) is 21.5. The Labute approximate surface area is 211 Å². The second-order valence-corrected chi connectivity index (χ2v) is 9.47. The summed E-state index contributed by atoms with van der Waals surface area (Å²) in [6, 6.07) is 12.2. The van der Waals surface area contributed by atoms with Crippen molar-refractivity contribution < 1.29 is 0 Å². The maximum absolute atomic E-state index is 13.3. The van der Waals surface area contributed by atoms with Gasteiger partial charge < -0.3 is 10.6 Å². The summed E-state index contributed by atoms with van der Waals surface area (Å²) in [6.45, 7) is 12.8. The first-order valence-electron chi connectivity index (χ1n) is 12.8. The molecule has 1 aliphatic rings. The second-order valence-electron chi connectivity index (χ2n) is 9.47. The molecule has 5 rings (SSSR count). The molecule has 0 atom stereocenters. The molecule has 9 nitrogen and oxygen atoms in total. The van der Waals surface area contributed by atoms with Gasteiger partial charge in [-0.05, 0) is 75.3 Å². The van der Waals surface area contributed by atoms with Crippen LogP contribution in [0, 0.1) is 0 Å². The molecule has 0 amide bonds. The third-order valence-electron chi connectivity index (χ3n) is 6.75. The van der Waals surface area contributed by atoms with E-state index in [1.807, 2.05) is 36.7 Å². The number of pyridine rings is 1. The van der Waals surface area contributed by atoms with Crippen LogP contribution in [0.1, 0.15) is 50.6 Å². The highest BCUT2D eigenvalue weighted by Crippen LogP contribution is 2.23. The number of anilines is 2. The average molecular weight is 487 g/mol. The Morgan fingerprint density at radius 3 is 2.72 bits per heavy atom. The van der Waals surface area contributed by atoms with Crippen LogP contribution < -0.4 is 16.2 Å². The highest BCUT2D eigenvalue weighted by Gasteiger charge is 2.20. The summed E-state index contributed by atoms with van der Waals surface area (Å²) >= 11 is 0. The van der Waals surface area contributed by atoms with Crippen LogP contribution in [-0.4, -0.2) is 48.8 Å². The van der Waals surface area contributed by atoms with Gasteiger partial charge in [-0.1, -0.05) is 26.0 Å². The summed E-state index contributed by atoms with van der Waals surface area (Å²) in [6.07, 6.45) is 2.65. The van der Waals surface area contributed by atoms with Gasteiger partial charge in [-0.15, -0.1) is 0 Å². The SMILES string of the molecule is CCN(CC)Cc1cccc(-n2c3nc(Nc4ccc5c(c4)CNCC5)ncc3c(=O)n2C(C)C)n1. The molecular formula is C27H34N8O. The van der Waals surface area contributed by atoms with Crippen LogP contribution in [0.25, 0.3) is 16.9 Å². The normalized spacial score (nSPS) is 13.5. The van der Waals surface area contributed by atoms with E-state index in [4.69, 9.17) is 9.97 Å². The van der Waals surface area contributed by atoms with Gasteiger partial charge in [0.15, 0.2) is 11.5 Å². The highest BCUT2D eigenvalue weighted by atomic mass is 16.1. The molecule has 4 heterocycles. The lowest BCUT2D eigenvalue weighted by Crippen LogP contribution is -2.25. The Bertz CT molecular complexity index is 1430. The second kappa shape index (κ2) is 10.2. The van der Waals surface area contributed by atoms with Crippen LogP contribution in [0.4, 0.5) is 11.6 Å². The highest BCUT2D eigenvalue weighted by molar-refractivity contribution is 5.77. The van der Waals surface area contributed by atoms with E-state index in [-0.39, 0.29) is 11.6 Å². The van der Waals surface area contributed by atoms with E-state index in [1.165, 1.54) is 11.1 Å². The van der Waals surface area contributed by atoms with Crippen LogP contribution in [-0.2, 0) is 19.5 Å². The Morgan fingerprint density at radius 1 is 1.11 bits per heavy atom. The smallest absolute Gasteiger partial charge is 0.278 e. The molecule has 9 heteroatoms. The lowest BCUT2D eigenvalue weighted by Gasteiger charge is -2.19. The summed E-state index contributed by atoms with van der Waals surface area (Å²) in [5.74, 6) is 1.12. The van der Waals surface area contributed by atoms with Crippen LogP contribution in [0.2, 0.25) is 0 Å². The monoisotopic (exact) mass is 486 g/mol. The Balaban J connectivity index is 1.57. The predicted molar refractivity (Wildman–Crippen MR) is 143 cm³/mol. The maximum Gasteiger partial charge on any atom is 0.278 e. The summed E-state index contributed by atoms with van der Waals surface area (Å²) in [5, 5.41) is 7.22. The van der Waals surface area contributed by atoms with Crippen LogP contribution in [0.5, 0.6) is 0 Å². The topological polar surface area (TPSA) is 92.9 Å². The minimum Gasteiger partial charge on any atom is -0.324 e. The molecule has 0 saturated carbocycles. The summed E-state index contributed by atoms with van der Waals surface area (Å²) in [4.78, 5) is 29.9. The first-order valence-corrected chi connectivity index (χ1v) is 12.8. The first kappa shape index (κ1) is 24.1. The van der Waals surface area contributed by atoms with Gasteiger partial charge >= 0.3 is 0 Å². The van der Waals surface area contributed by atoms with Gasteiger partial charge in [0.25, 0.3) is 5.56 Å². The van der Waals surface area contributed by atoms with Gasteiger partial charge in [0.05, 0.1) is 5.69 Å². The van der Waals surface area contributed by atoms with Crippen molar-refractivity contribution in [3.05, 3.63) is 69.8 Å². The number of nitrogens with zero attached hydrogens (tertiary/aromatic N) is 6. The molecule has 0 spiro atoms. The summed E-state index contributed by atoms with van der Waals surface area (Å²) in [7, 11) is 0. The fourth-order valence-corrected chi connectivity index (χ4v) is 4.78. The van der Waals surface area contributed by atoms with E-state index in [2.05, 4.69) is 52.6 Å². The molecule has 0 bridgehead atoms. The van der Waals surface area contributed by atoms with E-state index in [9.17, 15) is 4.79 Å². The van der Waals surface area contributed by atoms with Gasteiger partial charge in [0, 0.05) is 31.0 Å². The van der Waals surface area contributed by atoms with Gasteiger partial charge in [-0.3, -0.25) is 9.69 Å². The largest absolute Gasteiger partial charge is 0.324 e. The lowest BCUT2D eigenvalue weighted by atomic mass is 10.0. The van der Waals surface area contributed by atoms with Crippen molar-refractivity contribution in [1.29, 1.82) is 0 Å². The quantitative estimate of drug-likeness (QED) is 0.391. The molecule has 0 radical (unpaired) electrons. The van der Waals surface area contributed by atoms with E-state index in [1.54, 1.807) is 10.9 Å². The molecule has 1 aromatic carbocycles. The molecule has 1 aliphatic heterocycles. The number of hydrogen-bond donors (Lipinski definition) is 2. The Morgan fingerprint density at radius 2 is 1.94 bits per heavy atom. The van der Waals surface area contributed by atoms with Crippen molar-refractivity contribution in [1.82, 2.24) is 34.5 Å². The van der Waals surface area contributed by atoms with Crippen LogP contribution in [0.15, 0.2) is 47.4 Å².